The maximum Gasteiger partial charge on any atom is 0.126 e. The predicted octanol–water partition coefficient (Wildman–Crippen LogP) is 7.18. The van der Waals surface area contributed by atoms with Gasteiger partial charge >= 0.3 is 0 Å². The van der Waals surface area contributed by atoms with Gasteiger partial charge in [-0.2, -0.15) is 11.8 Å². The highest BCUT2D eigenvalue weighted by Crippen LogP contribution is 2.44. The number of thioether (sulfide) groups is 1. The molecule has 0 saturated heterocycles. The van der Waals surface area contributed by atoms with Gasteiger partial charge in [0.15, 0.2) is 0 Å². The van der Waals surface area contributed by atoms with Gasteiger partial charge in [-0.15, -0.1) is 6.58 Å². The molecule has 0 saturated carbocycles. The van der Waals surface area contributed by atoms with Crippen LogP contribution in [0.5, 0.6) is 5.75 Å². The molecule has 0 fully saturated rings. The van der Waals surface area contributed by atoms with Gasteiger partial charge in [-0.05, 0) is 61.2 Å². The summed E-state index contributed by atoms with van der Waals surface area (Å²) in [6.07, 6.45) is 5.39. The molecule has 0 atom stereocenters. The van der Waals surface area contributed by atoms with Crippen LogP contribution in [0.4, 0.5) is 5.69 Å². The quantitative estimate of drug-likeness (QED) is 0.171. The first-order chi connectivity index (χ1) is 13.4. The normalized spacial score (nSPS) is 15.0. The Morgan fingerprint density at radius 2 is 1.96 bits per heavy atom. The molecule has 3 rings (SSSR count). The second-order valence-corrected chi connectivity index (χ2v) is 9.52. The lowest BCUT2D eigenvalue weighted by atomic mass is 9.89. The van der Waals surface area contributed by atoms with Crippen LogP contribution >= 0.6 is 34.6 Å². The Balaban J connectivity index is 2.10. The molecule has 1 aliphatic heterocycles. The summed E-state index contributed by atoms with van der Waals surface area (Å²) in [5.74, 6) is 2.88. The average molecular weight is 505 g/mol. The molecule has 1 aliphatic rings. The SMILES string of the molecule is C=CCSCC1=CC(C)(C)N(I)c2ccc(-c3cc(CC)ccc3OC)cc21. The number of ether oxygens (including phenoxy) is 1. The van der Waals surface area contributed by atoms with E-state index in [1.165, 1.54) is 28.0 Å². The summed E-state index contributed by atoms with van der Waals surface area (Å²) in [7, 11) is 1.75. The Bertz CT molecular complexity index is 903. The molecule has 0 N–H and O–H groups in total. The van der Waals surface area contributed by atoms with Crippen LogP contribution in [0.3, 0.4) is 0 Å². The van der Waals surface area contributed by atoms with Crippen LogP contribution in [-0.2, 0) is 6.42 Å². The van der Waals surface area contributed by atoms with Gasteiger partial charge in [0.05, 0.1) is 41.2 Å². The first-order valence-electron chi connectivity index (χ1n) is 9.59. The number of halogens is 1. The summed E-state index contributed by atoms with van der Waals surface area (Å²) in [6, 6.07) is 13.3. The minimum atomic E-state index is -0.0149. The van der Waals surface area contributed by atoms with Crippen LogP contribution in [0.2, 0.25) is 0 Å². The predicted molar refractivity (Wildman–Crippen MR) is 134 cm³/mol. The van der Waals surface area contributed by atoms with Crippen molar-refractivity contribution in [1.82, 2.24) is 0 Å². The third-order valence-electron chi connectivity index (χ3n) is 5.06. The number of anilines is 1. The maximum absolute atomic E-state index is 5.66. The molecule has 4 heteroatoms. The molecule has 0 radical (unpaired) electrons. The number of aryl methyl sites for hydroxylation is 1. The first-order valence-corrected chi connectivity index (χ1v) is 11.7. The summed E-state index contributed by atoms with van der Waals surface area (Å²) in [5.41, 5.74) is 7.65. The highest BCUT2D eigenvalue weighted by atomic mass is 127. The van der Waals surface area contributed by atoms with Crippen LogP contribution < -0.4 is 7.85 Å². The van der Waals surface area contributed by atoms with Crippen LogP contribution in [0.15, 0.2) is 55.1 Å². The van der Waals surface area contributed by atoms with E-state index < -0.39 is 0 Å². The Kier molecular flexibility index (Phi) is 6.81. The van der Waals surface area contributed by atoms with Gasteiger partial charge in [-0.25, -0.2) is 0 Å². The van der Waals surface area contributed by atoms with Crippen molar-refractivity contribution in [3.8, 4) is 16.9 Å². The van der Waals surface area contributed by atoms with Gasteiger partial charge in [-0.1, -0.05) is 31.2 Å². The lowest BCUT2D eigenvalue weighted by molar-refractivity contribution is 0.416. The summed E-state index contributed by atoms with van der Waals surface area (Å²) in [6.45, 7) is 10.6. The lowest BCUT2D eigenvalue weighted by Gasteiger charge is -2.39. The van der Waals surface area contributed by atoms with Gasteiger partial charge in [0.2, 0.25) is 0 Å². The molecule has 0 spiro atoms. The highest BCUT2D eigenvalue weighted by Gasteiger charge is 2.31. The van der Waals surface area contributed by atoms with Crippen molar-refractivity contribution in [1.29, 1.82) is 0 Å². The topological polar surface area (TPSA) is 12.5 Å². The molecule has 0 unspecified atom stereocenters. The van der Waals surface area contributed by atoms with Gasteiger partial charge < -0.3 is 7.85 Å². The molecule has 28 heavy (non-hydrogen) atoms. The monoisotopic (exact) mass is 505 g/mol. The second kappa shape index (κ2) is 8.95. The zero-order chi connectivity index (χ0) is 20.3. The van der Waals surface area contributed by atoms with Crippen LogP contribution in [0, 0.1) is 0 Å². The average Bonchev–Trinajstić information content (AvgIpc) is 2.70. The van der Waals surface area contributed by atoms with Crippen LogP contribution in [0.1, 0.15) is 31.9 Å². The van der Waals surface area contributed by atoms with E-state index in [2.05, 4.69) is 95.8 Å². The third-order valence-corrected chi connectivity index (χ3v) is 7.81. The number of hydrogen-bond donors (Lipinski definition) is 0. The van der Waals surface area contributed by atoms with Gasteiger partial charge in [0, 0.05) is 22.6 Å². The third kappa shape index (κ3) is 4.28. The molecule has 0 aromatic heterocycles. The number of hydrogen-bond acceptors (Lipinski definition) is 3. The van der Waals surface area contributed by atoms with E-state index >= 15 is 0 Å². The Labute approximate surface area is 187 Å². The molecule has 2 aromatic carbocycles. The molecule has 1 heterocycles. The lowest BCUT2D eigenvalue weighted by Crippen LogP contribution is -2.38. The fourth-order valence-electron chi connectivity index (χ4n) is 3.58. The van der Waals surface area contributed by atoms with Gasteiger partial charge in [-0.3, -0.25) is 0 Å². The molecule has 0 aliphatic carbocycles. The number of fused-ring (bicyclic) bond motifs is 1. The number of nitrogens with zero attached hydrogens (tertiary/aromatic N) is 1. The Hall–Kier alpha value is -1.40. The van der Waals surface area contributed by atoms with E-state index in [1.807, 2.05) is 17.8 Å². The summed E-state index contributed by atoms with van der Waals surface area (Å²) in [4.78, 5) is 0. The minimum absolute atomic E-state index is 0.0149. The molecular formula is C24H28INOS. The van der Waals surface area contributed by atoms with Crippen molar-refractivity contribution in [2.45, 2.75) is 32.7 Å². The van der Waals surface area contributed by atoms with E-state index in [-0.39, 0.29) is 5.54 Å². The van der Waals surface area contributed by atoms with E-state index in [0.717, 1.165) is 29.2 Å². The van der Waals surface area contributed by atoms with E-state index in [0.29, 0.717) is 0 Å². The minimum Gasteiger partial charge on any atom is -0.496 e. The fraction of sp³-hybridized carbons (Fsp3) is 0.333. The molecule has 2 nitrogen and oxygen atoms in total. The summed E-state index contributed by atoms with van der Waals surface area (Å²) >= 11 is 4.35. The van der Waals surface area contributed by atoms with E-state index in [1.54, 1.807) is 7.11 Å². The maximum atomic E-state index is 5.66. The molecular weight excluding hydrogens is 477 g/mol. The Morgan fingerprint density at radius 1 is 1.18 bits per heavy atom. The van der Waals surface area contributed by atoms with Crippen molar-refractivity contribution in [2.75, 3.05) is 21.7 Å². The Morgan fingerprint density at radius 3 is 2.64 bits per heavy atom. The van der Waals surface area contributed by atoms with Crippen molar-refractivity contribution >= 4 is 45.9 Å². The van der Waals surface area contributed by atoms with Crippen molar-refractivity contribution in [3.05, 3.63) is 66.3 Å². The number of methoxy groups -OCH3 is 1. The highest BCUT2D eigenvalue weighted by molar-refractivity contribution is 14.1. The van der Waals surface area contributed by atoms with Gasteiger partial charge in [0.25, 0.3) is 0 Å². The number of benzene rings is 2. The van der Waals surface area contributed by atoms with Crippen LogP contribution in [0.25, 0.3) is 16.7 Å². The van der Waals surface area contributed by atoms with Crippen molar-refractivity contribution < 1.29 is 4.74 Å². The molecule has 148 valence electrons. The molecule has 0 amide bonds. The van der Waals surface area contributed by atoms with Crippen molar-refractivity contribution in [2.24, 2.45) is 0 Å². The smallest absolute Gasteiger partial charge is 0.126 e. The standard InChI is InChI=1S/C24H28INOS/c1-6-12-28-16-19-15-24(3,4)26(25)22-10-9-18(14-20(19)22)21-13-17(7-2)8-11-23(21)27-5/h6,8-11,13-15H,1,7,12,16H2,2-5H3. The largest absolute Gasteiger partial charge is 0.496 e. The van der Waals surface area contributed by atoms with Crippen molar-refractivity contribution in [3.63, 3.8) is 0 Å². The zero-order valence-corrected chi connectivity index (χ0v) is 20.1. The second-order valence-electron chi connectivity index (χ2n) is 7.53. The summed E-state index contributed by atoms with van der Waals surface area (Å²) < 4.78 is 8.00. The molecule has 2 aromatic rings. The van der Waals surface area contributed by atoms with E-state index in [9.17, 15) is 0 Å². The molecule has 0 bridgehead atoms. The van der Waals surface area contributed by atoms with E-state index in [4.69, 9.17) is 4.74 Å². The fourth-order valence-corrected chi connectivity index (χ4v) is 4.88. The van der Waals surface area contributed by atoms with Crippen LogP contribution in [-0.4, -0.2) is 24.2 Å². The number of rotatable bonds is 7. The first kappa shape index (κ1) is 21.3. The van der Waals surface area contributed by atoms with Gasteiger partial charge in [0.1, 0.15) is 5.75 Å². The summed E-state index contributed by atoms with van der Waals surface area (Å²) in [5, 5.41) is 0. The zero-order valence-electron chi connectivity index (χ0n) is 17.1.